The highest BCUT2D eigenvalue weighted by molar-refractivity contribution is 5.68. The Morgan fingerprint density at radius 1 is 1.50 bits per heavy atom. The predicted octanol–water partition coefficient (Wildman–Crippen LogP) is 0.669. The lowest BCUT2D eigenvalue weighted by molar-refractivity contribution is 0.0409. The highest BCUT2D eigenvalue weighted by Crippen LogP contribution is 2.42. The highest BCUT2D eigenvalue weighted by Gasteiger charge is 2.42. The van der Waals surface area contributed by atoms with Gasteiger partial charge in [-0.25, -0.2) is 4.79 Å². The van der Waals surface area contributed by atoms with Crippen molar-refractivity contribution in [1.29, 1.82) is 0 Å². The molecule has 0 aromatic rings. The number of amides is 1. The molecule has 1 saturated heterocycles. The number of hydrogen-bond donors (Lipinski definition) is 1. The number of carbonyl (C=O) groups is 1. The van der Waals surface area contributed by atoms with Crippen molar-refractivity contribution in [1.82, 2.24) is 4.90 Å². The van der Waals surface area contributed by atoms with Gasteiger partial charge in [0.2, 0.25) is 0 Å². The standard InChI is InChI=1S/C10H18N2O2/c1-14-10(13)12-5-8(6-12)9(4-11)7-2-3-7/h7-9H,2-6,11H2,1H3. The Kier molecular flexibility index (Phi) is 2.63. The molecule has 1 amide bonds. The Hall–Kier alpha value is -0.770. The van der Waals surface area contributed by atoms with Gasteiger partial charge in [-0.15, -0.1) is 0 Å². The van der Waals surface area contributed by atoms with Crippen molar-refractivity contribution in [3.8, 4) is 0 Å². The molecule has 14 heavy (non-hydrogen) atoms. The molecule has 1 aliphatic heterocycles. The van der Waals surface area contributed by atoms with Crippen LogP contribution in [-0.4, -0.2) is 37.7 Å². The third-order valence-corrected chi connectivity index (χ3v) is 3.45. The van der Waals surface area contributed by atoms with Crippen LogP contribution in [0.25, 0.3) is 0 Å². The van der Waals surface area contributed by atoms with E-state index in [0.717, 1.165) is 25.6 Å². The maximum atomic E-state index is 11.1. The lowest BCUT2D eigenvalue weighted by atomic mass is 9.83. The molecule has 1 heterocycles. The molecule has 0 bridgehead atoms. The molecule has 1 aliphatic carbocycles. The molecule has 4 nitrogen and oxygen atoms in total. The van der Waals surface area contributed by atoms with Crippen LogP contribution in [0, 0.1) is 17.8 Å². The molecular formula is C10H18N2O2. The van der Waals surface area contributed by atoms with E-state index in [1.165, 1.54) is 20.0 Å². The second-order valence-corrected chi connectivity index (χ2v) is 4.37. The van der Waals surface area contributed by atoms with Crippen LogP contribution in [0.15, 0.2) is 0 Å². The van der Waals surface area contributed by atoms with E-state index in [2.05, 4.69) is 4.74 Å². The molecule has 4 heteroatoms. The first kappa shape index (κ1) is 9.77. The number of nitrogens with zero attached hydrogens (tertiary/aromatic N) is 1. The number of nitrogens with two attached hydrogens (primary N) is 1. The van der Waals surface area contributed by atoms with Gasteiger partial charge >= 0.3 is 6.09 Å². The summed E-state index contributed by atoms with van der Waals surface area (Å²) < 4.78 is 4.65. The van der Waals surface area contributed by atoms with E-state index in [0.29, 0.717) is 11.8 Å². The van der Waals surface area contributed by atoms with Crippen molar-refractivity contribution >= 4 is 6.09 Å². The first-order chi connectivity index (χ1) is 6.76. The highest BCUT2D eigenvalue weighted by atomic mass is 16.5. The summed E-state index contributed by atoms with van der Waals surface area (Å²) in [5, 5.41) is 0. The number of rotatable bonds is 3. The monoisotopic (exact) mass is 198 g/mol. The predicted molar refractivity (Wildman–Crippen MR) is 52.7 cm³/mol. The van der Waals surface area contributed by atoms with Crippen molar-refractivity contribution in [3.63, 3.8) is 0 Å². The van der Waals surface area contributed by atoms with Crippen LogP contribution < -0.4 is 5.73 Å². The lowest BCUT2D eigenvalue weighted by Crippen LogP contribution is -2.54. The van der Waals surface area contributed by atoms with Gasteiger partial charge in [-0.3, -0.25) is 0 Å². The van der Waals surface area contributed by atoms with E-state index in [-0.39, 0.29) is 6.09 Å². The number of hydrogen-bond acceptors (Lipinski definition) is 3. The zero-order chi connectivity index (χ0) is 10.1. The summed E-state index contributed by atoms with van der Waals surface area (Å²) in [4.78, 5) is 12.9. The van der Waals surface area contributed by atoms with Crippen molar-refractivity contribution in [2.75, 3.05) is 26.7 Å². The quantitative estimate of drug-likeness (QED) is 0.725. The van der Waals surface area contributed by atoms with Crippen LogP contribution in [0.3, 0.4) is 0 Å². The number of likely N-dealkylation sites (tertiary alicyclic amines) is 1. The second kappa shape index (κ2) is 3.77. The van der Waals surface area contributed by atoms with Crippen LogP contribution >= 0.6 is 0 Å². The van der Waals surface area contributed by atoms with Gasteiger partial charge < -0.3 is 15.4 Å². The maximum Gasteiger partial charge on any atom is 0.409 e. The van der Waals surface area contributed by atoms with Gasteiger partial charge in [-0.1, -0.05) is 0 Å². The van der Waals surface area contributed by atoms with Crippen LogP contribution in [-0.2, 0) is 4.74 Å². The van der Waals surface area contributed by atoms with Gasteiger partial charge in [-0.05, 0) is 37.1 Å². The molecular weight excluding hydrogens is 180 g/mol. The number of ether oxygens (including phenoxy) is 1. The molecule has 2 fully saturated rings. The SMILES string of the molecule is COC(=O)N1CC(C(CN)C2CC2)C1. The Labute approximate surface area is 84.4 Å². The topological polar surface area (TPSA) is 55.6 Å². The molecule has 0 aromatic carbocycles. The minimum absolute atomic E-state index is 0.201. The van der Waals surface area contributed by atoms with E-state index in [9.17, 15) is 4.79 Å². The van der Waals surface area contributed by atoms with Crippen molar-refractivity contribution in [2.45, 2.75) is 12.8 Å². The summed E-state index contributed by atoms with van der Waals surface area (Å²) in [5.41, 5.74) is 5.74. The molecule has 1 saturated carbocycles. The van der Waals surface area contributed by atoms with E-state index in [1.807, 2.05) is 0 Å². The fourth-order valence-electron chi connectivity index (χ4n) is 2.36. The van der Waals surface area contributed by atoms with Gasteiger partial charge in [-0.2, -0.15) is 0 Å². The molecule has 0 radical (unpaired) electrons. The first-order valence-corrected chi connectivity index (χ1v) is 5.29. The third kappa shape index (κ3) is 1.71. The molecule has 1 atom stereocenters. The molecule has 2 N–H and O–H groups in total. The summed E-state index contributed by atoms with van der Waals surface area (Å²) in [7, 11) is 1.43. The average molecular weight is 198 g/mol. The first-order valence-electron chi connectivity index (χ1n) is 5.29. The molecule has 2 aliphatic rings. The Bertz CT molecular complexity index is 222. The van der Waals surface area contributed by atoms with Gasteiger partial charge in [0, 0.05) is 13.1 Å². The zero-order valence-corrected chi connectivity index (χ0v) is 8.61. The summed E-state index contributed by atoms with van der Waals surface area (Å²) in [6.07, 6.45) is 2.46. The van der Waals surface area contributed by atoms with Gasteiger partial charge in [0.25, 0.3) is 0 Å². The van der Waals surface area contributed by atoms with Crippen molar-refractivity contribution in [2.24, 2.45) is 23.5 Å². The fraction of sp³-hybridized carbons (Fsp3) is 0.900. The van der Waals surface area contributed by atoms with Crippen molar-refractivity contribution < 1.29 is 9.53 Å². The minimum atomic E-state index is -0.201. The molecule has 1 unspecified atom stereocenters. The smallest absolute Gasteiger partial charge is 0.409 e. The fourth-order valence-corrected chi connectivity index (χ4v) is 2.36. The zero-order valence-electron chi connectivity index (χ0n) is 8.61. The molecule has 2 rings (SSSR count). The van der Waals surface area contributed by atoms with E-state index in [4.69, 9.17) is 5.73 Å². The summed E-state index contributed by atoms with van der Waals surface area (Å²) in [6, 6.07) is 0. The van der Waals surface area contributed by atoms with Gasteiger partial charge in [0.15, 0.2) is 0 Å². The summed E-state index contributed by atoms with van der Waals surface area (Å²) >= 11 is 0. The normalized spacial score (nSPS) is 24.3. The third-order valence-electron chi connectivity index (χ3n) is 3.45. The van der Waals surface area contributed by atoms with Crippen LogP contribution in [0.4, 0.5) is 4.79 Å². The van der Waals surface area contributed by atoms with Crippen LogP contribution in [0.5, 0.6) is 0 Å². The van der Waals surface area contributed by atoms with Crippen molar-refractivity contribution in [3.05, 3.63) is 0 Å². The van der Waals surface area contributed by atoms with Gasteiger partial charge in [0.1, 0.15) is 0 Å². The Balaban J connectivity index is 1.78. The Morgan fingerprint density at radius 3 is 2.57 bits per heavy atom. The van der Waals surface area contributed by atoms with E-state index < -0.39 is 0 Å². The number of methoxy groups -OCH3 is 1. The lowest BCUT2D eigenvalue weighted by Gasteiger charge is -2.42. The molecule has 0 spiro atoms. The largest absolute Gasteiger partial charge is 0.453 e. The average Bonchev–Trinajstić information content (AvgIpc) is 2.92. The van der Waals surface area contributed by atoms with E-state index in [1.54, 1.807) is 4.90 Å². The minimum Gasteiger partial charge on any atom is -0.453 e. The molecule has 0 aromatic heterocycles. The Morgan fingerprint density at radius 2 is 2.14 bits per heavy atom. The maximum absolute atomic E-state index is 11.1. The van der Waals surface area contributed by atoms with E-state index >= 15 is 0 Å². The summed E-state index contributed by atoms with van der Waals surface area (Å²) in [6.45, 7) is 2.44. The van der Waals surface area contributed by atoms with Crippen LogP contribution in [0.2, 0.25) is 0 Å². The summed E-state index contributed by atoms with van der Waals surface area (Å²) in [5.74, 6) is 2.09. The molecule has 80 valence electrons. The van der Waals surface area contributed by atoms with Gasteiger partial charge in [0.05, 0.1) is 7.11 Å². The second-order valence-electron chi connectivity index (χ2n) is 4.37. The number of carbonyl (C=O) groups excluding carboxylic acids is 1. The van der Waals surface area contributed by atoms with Crippen LogP contribution in [0.1, 0.15) is 12.8 Å².